The molecule has 6 nitrogen and oxygen atoms in total. The van der Waals surface area contributed by atoms with E-state index in [0.717, 1.165) is 7.11 Å². The molecule has 1 unspecified atom stereocenters. The molecule has 0 heterocycles. The molecule has 7 heteroatoms. The normalized spacial score (nSPS) is 13.6. The maximum atomic E-state index is 10.6. The fraction of sp³-hybridized carbons (Fsp3) is 1.00. The monoisotopic (exact) mass is 201 g/mol. The lowest BCUT2D eigenvalue weighted by Crippen LogP contribution is -2.21. The quantitative estimate of drug-likeness (QED) is 0.639. The zero-order chi connectivity index (χ0) is 8.91. The van der Waals surface area contributed by atoms with E-state index in [2.05, 4.69) is 8.37 Å². The van der Waals surface area contributed by atoms with Crippen LogP contribution in [0.2, 0.25) is 0 Å². The van der Waals surface area contributed by atoms with E-state index in [1.165, 1.54) is 0 Å². The van der Waals surface area contributed by atoms with Gasteiger partial charge in [-0.2, -0.15) is 8.42 Å². The molecule has 0 aliphatic heterocycles. The summed E-state index contributed by atoms with van der Waals surface area (Å²) in [5.41, 5.74) is 0. The molecule has 0 aliphatic rings. The van der Waals surface area contributed by atoms with Crippen molar-refractivity contribution in [1.82, 2.24) is 6.15 Å². The summed E-state index contributed by atoms with van der Waals surface area (Å²) in [7, 11) is -2.90. The molecule has 0 amide bonds. The molecule has 0 aromatic carbocycles. The number of aliphatic hydroxyl groups excluding tert-OH is 1. The Labute approximate surface area is 72.4 Å². The minimum atomic E-state index is -3.90. The first-order chi connectivity index (χ1) is 5.05. The van der Waals surface area contributed by atoms with E-state index in [1.807, 2.05) is 0 Å². The van der Waals surface area contributed by atoms with Crippen molar-refractivity contribution < 1.29 is 21.9 Å². The Balaban J connectivity index is 0. The average Bonchev–Trinajstić information content (AvgIpc) is 2.00. The highest BCUT2D eigenvalue weighted by atomic mass is 32.3. The van der Waals surface area contributed by atoms with E-state index in [1.54, 1.807) is 6.92 Å². The van der Waals surface area contributed by atoms with Crippen LogP contribution >= 0.6 is 0 Å². The number of hydrogen-bond donors (Lipinski definition) is 2. The van der Waals surface area contributed by atoms with E-state index in [4.69, 9.17) is 5.11 Å². The molecule has 4 N–H and O–H groups in total. The van der Waals surface area contributed by atoms with Crippen LogP contribution in [0.5, 0.6) is 0 Å². The summed E-state index contributed by atoms with van der Waals surface area (Å²) in [6.45, 7) is 1.37. The van der Waals surface area contributed by atoms with Crippen LogP contribution in [0.25, 0.3) is 0 Å². The molecule has 0 rings (SSSR count). The van der Waals surface area contributed by atoms with Crippen molar-refractivity contribution >= 4 is 10.4 Å². The zero-order valence-electron chi connectivity index (χ0n) is 7.19. The minimum Gasteiger partial charge on any atom is -0.394 e. The summed E-state index contributed by atoms with van der Waals surface area (Å²) in [5, 5.41) is 8.54. The highest BCUT2D eigenvalue weighted by molar-refractivity contribution is 7.81. The van der Waals surface area contributed by atoms with Gasteiger partial charge in [0.25, 0.3) is 0 Å². The molecule has 0 aromatic rings. The van der Waals surface area contributed by atoms with Crippen molar-refractivity contribution in [2.75, 3.05) is 13.7 Å². The summed E-state index contributed by atoms with van der Waals surface area (Å²) in [5.74, 6) is 0. The van der Waals surface area contributed by atoms with E-state index in [9.17, 15) is 8.42 Å². The van der Waals surface area contributed by atoms with E-state index in [0.29, 0.717) is 6.42 Å². The Morgan fingerprint density at radius 2 is 2.00 bits per heavy atom. The maximum absolute atomic E-state index is 10.6. The standard InChI is InChI=1S/C5H12O5S.H3N/c1-3-5(4-6)10-11(7,8)9-2;/h5-6H,3-4H2,1-2H3;1H3. The molecule has 12 heavy (non-hydrogen) atoms. The number of rotatable bonds is 5. The molecule has 0 saturated heterocycles. The lowest BCUT2D eigenvalue weighted by molar-refractivity contribution is 0.100. The molecule has 1 atom stereocenters. The third-order valence-electron chi connectivity index (χ3n) is 1.12. The van der Waals surface area contributed by atoms with Crippen LogP contribution in [0, 0.1) is 0 Å². The van der Waals surface area contributed by atoms with Gasteiger partial charge in [0, 0.05) is 0 Å². The summed E-state index contributed by atoms with van der Waals surface area (Å²) in [6, 6.07) is 0. The lowest BCUT2D eigenvalue weighted by Gasteiger charge is -2.10. The second kappa shape index (κ2) is 6.32. The fourth-order valence-electron chi connectivity index (χ4n) is 0.434. The zero-order valence-corrected chi connectivity index (χ0v) is 8.00. The molecular formula is C5H15NO5S. The van der Waals surface area contributed by atoms with Gasteiger partial charge in [-0.05, 0) is 6.42 Å². The fourth-order valence-corrected chi connectivity index (χ4v) is 1.04. The van der Waals surface area contributed by atoms with Crippen LogP contribution < -0.4 is 6.15 Å². The Morgan fingerprint density at radius 3 is 2.25 bits per heavy atom. The molecule has 0 spiro atoms. The van der Waals surface area contributed by atoms with Gasteiger partial charge in [0.05, 0.1) is 13.7 Å². The van der Waals surface area contributed by atoms with Gasteiger partial charge < -0.3 is 11.3 Å². The first-order valence-electron chi connectivity index (χ1n) is 3.15. The van der Waals surface area contributed by atoms with Gasteiger partial charge in [-0.1, -0.05) is 6.92 Å². The van der Waals surface area contributed by atoms with Gasteiger partial charge in [-0.3, -0.25) is 4.18 Å². The van der Waals surface area contributed by atoms with Gasteiger partial charge in [-0.15, -0.1) is 0 Å². The average molecular weight is 201 g/mol. The van der Waals surface area contributed by atoms with Gasteiger partial charge in [0.2, 0.25) is 0 Å². The second-order valence-corrected chi connectivity index (χ2v) is 3.23. The summed E-state index contributed by atoms with van der Waals surface area (Å²) >= 11 is 0. The van der Waals surface area contributed by atoms with Crippen LogP contribution in [0.3, 0.4) is 0 Å². The first-order valence-corrected chi connectivity index (χ1v) is 4.48. The molecule has 0 saturated carbocycles. The van der Waals surface area contributed by atoms with E-state index >= 15 is 0 Å². The Hall–Kier alpha value is -0.210. The van der Waals surface area contributed by atoms with Crippen molar-refractivity contribution in [2.45, 2.75) is 19.4 Å². The molecule has 0 aromatic heterocycles. The third-order valence-corrected chi connectivity index (χ3v) is 2.03. The van der Waals surface area contributed by atoms with Gasteiger partial charge in [-0.25, -0.2) is 4.18 Å². The smallest absolute Gasteiger partial charge is 0.394 e. The van der Waals surface area contributed by atoms with Crippen molar-refractivity contribution in [1.29, 1.82) is 0 Å². The van der Waals surface area contributed by atoms with Crippen LogP contribution in [-0.2, 0) is 18.8 Å². The summed E-state index contributed by atoms with van der Waals surface area (Å²) in [4.78, 5) is 0. The van der Waals surface area contributed by atoms with Crippen LogP contribution in [0.15, 0.2) is 0 Å². The maximum Gasteiger partial charge on any atom is 0.399 e. The first kappa shape index (κ1) is 14.3. The topological polar surface area (TPSA) is 108 Å². The molecule has 76 valence electrons. The lowest BCUT2D eigenvalue weighted by atomic mass is 10.3. The molecule has 0 aliphatic carbocycles. The van der Waals surface area contributed by atoms with Crippen molar-refractivity contribution in [3.05, 3.63) is 0 Å². The highest BCUT2D eigenvalue weighted by Gasteiger charge is 2.16. The van der Waals surface area contributed by atoms with Crippen LogP contribution in [0.4, 0.5) is 0 Å². The van der Waals surface area contributed by atoms with E-state index in [-0.39, 0.29) is 12.8 Å². The van der Waals surface area contributed by atoms with Gasteiger partial charge in [0.15, 0.2) is 0 Å². The van der Waals surface area contributed by atoms with Gasteiger partial charge in [0.1, 0.15) is 6.10 Å². The highest BCUT2D eigenvalue weighted by Crippen LogP contribution is 2.03. The predicted octanol–water partition coefficient (Wildman–Crippen LogP) is -0.173. The third kappa shape index (κ3) is 5.44. The Kier molecular flexibility index (Phi) is 7.54. The molecule has 0 radical (unpaired) electrons. The minimum absolute atomic E-state index is 0. The molecule has 0 fully saturated rings. The Morgan fingerprint density at radius 1 is 1.50 bits per heavy atom. The van der Waals surface area contributed by atoms with Crippen LogP contribution in [-0.4, -0.2) is 33.3 Å². The van der Waals surface area contributed by atoms with Crippen molar-refractivity contribution in [3.8, 4) is 0 Å². The summed E-state index contributed by atoms with van der Waals surface area (Å²) in [6.07, 6.45) is -0.293. The van der Waals surface area contributed by atoms with E-state index < -0.39 is 16.5 Å². The molecular weight excluding hydrogens is 186 g/mol. The van der Waals surface area contributed by atoms with Crippen LogP contribution in [0.1, 0.15) is 13.3 Å². The molecule has 0 bridgehead atoms. The summed E-state index contributed by atoms with van der Waals surface area (Å²) < 4.78 is 29.5. The second-order valence-electron chi connectivity index (χ2n) is 1.88. The van der Waals surface area contributed by atoms with Gasteiger partial charge >= 0.3 is 10.4 Å². The largest absolute Gasteiger partial charge is 0.399 e. The SMILES string of the molecule is CCC(CO)OS(=O)(=O)OC.N. The number of aliphatic hydroxyl groups is 1. The predicted molar refractivity (Wildman–Crippen MR) is 43.2 cm³/mol. The van der Waals surface area contributed by atoms with Crippen molar-refractivity contribution in [2.24, 2.45) is 0 Å². The Bertz CT molecular complexity index is 186. The number of hydrogen-bond acceptors (Lipinski definition) is 6. The van der Waals surface area contributed by atoms with Crippen molar-refractivity contribution in [3.63, 3.8) is 0 Å².